The van der Waals surface area contributed by atoms with Gasteiger partial charge in [0.1, 0.15) is 12.2 Å². The van der Waals surface area contributed by atoms with Gasteiger partial charge in [0.25, 0.3) is 5.56 Å². The smallest absolute Gasteiger partial charge is 0.330 e. The average Bonchev–Trinajstić information content (AvgIpc) is 2.67. The van der Waals surface area contributed by atoms with Gasteiger partial charge in [-0.15, -0.1) is 0 Å². The average molecular weight is 323 g/mol. The van der Waals surface area contributed by atoms with E-state index in [-0.39, 0.29) is 0 Å². The maximum absolute atomic E-state index is 14.8. The first-order valence-corrected chi connectivity index (χ1v) is 6.00. The van der Waals surface area contributed by atoms with E-state index in [0.717, 1.165) is 0 Å². The highest BCUT2D eigenvalue weighted by atomic mass is 35.5. The molecule has 21 heavy (non-hydrogen) atoms. The van der Waals surface area contributed by atoms with Crippen LogP contribution in [0.5, 0.6) is 0 Å². The Morgan fingerprint density at radius 1 is 1.57 bits per heavy atom. The van der Waals surface area contributed by atoms with E-state index in [1.807, 2.05) is 5.92 Å². The van der Waals surface area contributed by atoms with Gasteiger partial charge in [-0.3, -0.25) is 14.3 Å². The lowest BCUT2D eigenvalue weighted by Gasteiger charge is -2.23. The molecule has 1 aliphatic rings. The van der Waals surface area contributed by atoms with Gasteiger partial charge in [-0.2, -0.15) is 4.39 Å². The molecule has 10 heteroatoms. The number of hydrogen-bond acceptors (Lipinski definition) is 5. The minimum atomic E-state index is -2.87. The molecule has 1 saturated heterocycles. The molecular weight excluding hydrogens is 314 g/mol. The first-order valence-electron chi connectivity index (χ1n) is 5.62. The molecule has 3 N–H and O–H groups in total. The van der Waals surface area contributed by atoms with E-state index < -0.39 is 47.8 Å². The van der Waals surface area contributed by atoms with Gasteiger partial charge in [-0.25, -0.2) is 9.18 Å². The summed E-state index contributed by atoms with van der Waals surface area (Å²) >= 11 is 5.13. The van der Waals surface area contributed by atoms with Crippen LogP contribution in [0.4, 0.5) is 8.78 Å². The molecule has 4 atom stereocenters. The van der Waals surface area contributed by atoms with E-state index in [0.29, 0.717) is 10.8 Å². The lowest BCUT2D eigenvalue weighted by molar-refractivity contribution is -0.0547. The summed E-state index contributed by atoms with van der Waals surface area (Å²) in [5.41, 5.74) is -5.33. The van der Waals surface area contributed by atoms with E-state index in [2.05, 4.69) is 0 Å². The third-order valence-electron chi connectivity index (χ3n) is 3.04. The summed E-state index contributed by atoms with van der Waals surface area (Å²) in [7, 11) is 0. The molecule has 0 radical (unpaired) electrons. The molecule has 7 nitrogen and oxygen atoms in total. The summed E-state index contributed by atoms with van der Waals surface area (Å²) in [4.78, 5) is 24.2. The predicted molar refractivity (Wildman–Crippen MR) is 65.8 cm³/mol. The second-order valence-electron chi connectivity index (χ2n) is 4.29. The van der Waals surface area contributed by atoms with Crippen LogP contribution in [0.15, 0.2) is 15.8 Å². The first kappa shape index (κ1) is 15.7. The molecule has 1 fully saturated rings. The fourth-order valence-electron chi connectivity index (χ4n) is 2.01. The molecule has 0 saturated carbocycles. The number of nitrogens with zero attached hydrogens (tertiary/aromatic N) is 1. The lowest BCUT2D eigenvalue weighted by atomic mass is 9.97. The summed E-state index contributed by atoms with van der Waals surface area (Å²) in [6.45, 7) is -0.770. The normalized spacial score (nSPS) is 31.8. The number of hydrogen-bond donors (Lipinski definition) is 3. The van der Waals surface area contributed by atoms with E-state index in [9.17, 15) is 23.5 Å². The summed E-state index contributed by atoms with van der Waals surface area (Å²) in [6.07, 6.45) is -4.81. The summed E-state index contributed by atoms with van der Waals surface area (Å²) in [5, 5.41) is 20.5. The van der Waals surface area contributed by atoms with Crippen LogP contribution in [0.2, 0.25) is 0 Å². The van der Waals surface area contributed by atoms with Gasteiger partial charge in [0, 0.05) is 5.38 Å². The van der Waals surface area contributed by atoms with Crippen LogP contribution < -0.4 is 11.2 Å². The Morgan fingerprint density at radius 3 is 2.81 bits per heavy atom. The molecule has 1 aromatic heterocycles. The van der Waals surface area contributed by atoms with Gasteiger partial charge in [0.15, 0.2) is 6.23 Å². The van der Waals surface area contributed by atoms with Crippen LogP contribution in [0.3, 0.4) is 0 Å². The van der Waals surface area contributed by atoms with Gasteiger partial charge in [-0.05, 0) is 17.5 Å². The number of aliphatic hydroxyl groups is 2. The van der Waals surface area contributed by atoms with Gasteiger partial charge >= 0.3 is 5.69 Å². The molecular formula is C11H9ClF2N2O5. The van der Waals surface area contributed by atoms with E-state index >= 15 is 0 Å². The first-order chi connectivity index (χ1) is 9.85. The monoisotopic (exact) mass is 322 g/mol. The zero-order valence-electron chi connectivity index (χ0n) is 10.2. The Hall–Kier alpha value is -1.73. The van der Waals surface area contributed by atoms with E-state index in [4.69, 9.17) is 21.4 Å². The quantitative estimate of drug-likeness (QED) is 0.595. The Bertz CT molecular complexity index is 724. The Kier molecular flexibility index (Phi) is 4.15. The van der Waals surface area contributed by atoms with Crippen molar-refractivity contribution in [3.63, 3.8) is 0 Å². The third kappa shape index (κ3) is 2.47. The molecule has 1 aromatic rings. The zero-order valence-corrected chi connectivity index (χ0v) is 11.0. The molecule has 2 heterocycles. The summed E-state index contributed by atoms with van der Waals surface area (Å²) in [5.74, 6) is 0.473. The van der Waals surface area contributed by atoms with Crippen molar-refractivity contribution in [3.05, 3.63) is 32.9 Å². The van der Waals surface area contributed by atoms with Gasteiger partial charge in [0.2, 0.25) is 11.5 Å². The molecule has 0 bridgehead atoms. The van der Waals surface area contributed by atoms with Crippen LogP contribution in [0, 0.1) is 17.1 Å². The largest absolute Gasteiger partial charge is 0.394 e. The number of ether oxygens (including phenoxy) is 1. The molecule has 0 aliphatic carbocycles. The number of halogens is 3. The maximum atomic E-state index is 14.8. The van der Waals surface area contributed by atoms with Crippen LogP contribution in [0.1, 0.15) is 6.23 Å². The van der Waals surface area contributed by atoms with Crippen molar-refractivity contribution in [1.82, 2.24) is 9.55 Å². The molecule has 2 rings (SSSR count). The number of aliphatic hydroxyl groups excluding tert-OH is 2. The second kappa shape index (κ2) is 5.57. The zero-order chi connectivity index (χ0) is 15.8. The SMILES string of the molecule is O=c1[nH]c(=O)n([C@@H]2O[C@H](CO)C(O)[C@]2(F)C#CCl)cc1F. The highest BCUT2D eigenvalue weighted by Gasteiger charge is 2.58. The molecule has 1 aliphatic heterocycles. The minimum absolute atomic E-state index is 0.386. The molecule has 0 amide bonds. The lowest BCUT2D eigenvalue weighted by Crippen LogP contribution is -2.45. The fourth-order valence-corrected chi connectivity index (χ4v) is 2.15. The van der Waals surface area contributed by atoms with Crippen molar-refractivity contribution in [3.8, 4) is 11.3 Å². The van der Waals surface area contributed by atoms with Gasteiger partial charge < -0.3 is 14.9 Å². The van der Waals surface area contributed by atoms with Crippen LogP contribution in [0.25, 0.3) is 0 Å². The van der Waals surface area contributed by atoms with Crippen molar-refractivity contribution in [2.75, 3.05) is 6.61 Å². The molecule has 0 aromatic carbocycles. The van der Waals surface area contributed by atoms with E-state index in [1.54, 1.807) is 10.4 Å². The molecule has 114 valence electrons. The topological polar surface area (TPSA) is 105 Å². The van der Waals surface area contributed by atoms with Crippen LogP contribution in [-0.2, 0) is 4.74 Å². The number of aromatic nitrogens is 2. The fraction of sp³-hybridized carbons (Fsp3) is 0.455. The van der Waals surface area contributed by atoms with Crippen molar-refractivity contribution < 1.29 is 23.7 Å². The number of nitrogens with one attached hydrogen (secondary N) is 1. The maximum Gasteiger partial charge on any atom is 0.330 e. The number of rotatable bonds is 2. The van der Waals surface area contributed by atoms with E-state index in [1.165, 1.54) is 0 Å². The van der Waals surface area contributed by atoms with Crippen molar-refractivity contribution in [2.45, 2.75) is 24.1 Å². The summed E-state index contributed by atoms with van der Waals surface area (Å²) in [6, 6.07) is 0. The van der Waals surface area contributed by atoms with Gasteiger partial charge in [0.05, 0.1) is 12.8 Å². The van der Waals surface area contributed by atoms with Crippen LogP contribution in [-0.4, -0.2) is 44.2 Å². The van der Waals surface area contributed by atoms with Crippen LogP contribution >= 0.6 is 11.6 Å². The molecule has 1 unspecified atom stereocenters. The third-order valence-corrected chi connectivity index (χ3v) is 3.14. The Morgan fingerprint density at radius 2 is 2.24 bits per heavy atom. The van der Waals surface area contributed by atoms with Gasteiger partial charge in [-0.1, -0.05) is 0 Å². The van der Waals surface area contributed by atoms with Crippen molar-refractivity contribution in [1.29, 1.82) is 0 Å². The van der Waals surface area contributed by atoms with Crippen molar-refractivity contribution >= 4 is 11.6 Å². The Balaban J connectivity index is 2.60. The molecule has 0 spiro atoms. The standard InChI is InChI=1S/C11H9ClF2N2O5/c12-2-1-11(14)7(18)6(4-17)21-9(11)16-3-5(13)8(19)15-10(16)20/h3,6-7,9,17-18H,4H2,(H,15,19,20)/t6-,7?,9-,11-/m1/s1. The number of H-pyrrole nitrogens is 1. The summed E-state index contributed by atoms with van der Waals surface area (Å²) < 4.78 is 33.4. The van der Waals surface area contributed by atoms with Crippen molar-refractivity contribution in [2.24, 2.45) is 0 Å². The minimum Gasteiger partial charge on any atom is -0.394 e. The highest BCUT2D eigenvalue weighted by Crippen LogP contribution is 2.40. The predicted octanol–water partition coefficient (Wildman–Crippen LogP) is -1.17. The number of aromatic amines is 1. The highest BCUT2D eigenvalue weighted by molar-refractivity contribution is 6.30. The number of alkyl halides is 1. The Labute approximate surface area is 120 Å². The second-order valence-corrected chi connectivity index (χ2v) is 4.47.